The van der Waals surface area contributed by atoms with Gasteiger partial charge in [0, 0.05) is 45.8 Å². The van der Waals surface area contributed by atoms with Crippen LogP contribution in [0.1, 0.15) is 49.4 Å². The van der Waals surface area contributed by atoms with Gasteiger partial charge in [-0.2, -0.15) is 5.26 Å². The van der Waals surface area contributed by atoms with Crippen LogP contribution in [0.4, 0.5) is 4.79 Å². The average Bonchev–Trinajstić information content (AvgIpc) is 3.45. The van der Waals surface area contributed by atoms with Gasteiger partial charge in [-0.25, -0.2) is 4.79 Å². The lowest BCUT2D eigenvalue weighted by atomic mass is 9.99. The van der Waals surface area contributed by atoms with Crippen molar-refractivity contribution in [3.63, 3.8) is 0 Å². The Labute approximate surface area is 259 Å². The van der Waals surface area contributed by atoms with Crippen LogP contribution >= 0.6 is 0 Å². The van der Waals surface area contributed by atoms with Gasteiger partial charge in [0.2, 0.25) is 11.8 Å². The summed E-state index contributed by atoms with van der Waals surface area (Å²) in [6, 6.07) is 24.9. The highest BCUT2D eigenvalue weighted by Gasteiger charge is 2.34. The lowest BCUT2D eigenvalue weighted by molar-refractivity contribution is -0.140. The third kappa shape index (κ3) is 7.63. The fourth-order valence-corrected chi connectivity index (χ4v) is 5.70. The Balaban J connectivity index is 1.17. The van der Waals surface area contributed by atoms with E-state index < -0.39 is 17.7 Å². The Morgan fingerprint density at radius 2 is 1.48 bits per heavy atom. The van der Waals surface area contributed by atoms with E-state index in [-0.39, 0.29) is 18.2 Å². The number of ether oxygens (including phenoxy) is 1. The van der Waals surface area contributed by atoms with Crippen LogP contribution in [0.5, 0.6) is 0 Å². The van der Waals surface area contributed by atoms with Gasteiger partial charge in [0.1, 0.15) is 11.6 Å². The van der Waals surface area contributed by atoms with Crippen molar-refractivity contribution in [1.82, 2.24) is 20.0 Å². The number of piperazine rings is 1. The Bertz CT molecular complexity index is 1520. The van der Waals surface area contributed by atoms with Gasteiger partial charge in [0.25, 0.3) is 0 Å². The molecule has 0 radical (unpaired) electrons. The zero-order valence-electron chi connectivity index (χ0n) is 25.6. The van der Waals surface area contributed by atoms with Crippen molar-refractivity contribution < 1.29 is 19.1 Å². The molecule has 228 valence electrons. The molecule has 3 aromatic carbocycles. The minimum Gasteiger partial charge on any atom is -0.444 e. The molecule has 0 aromatic heterocycles. The number of nitrogens with zero attached hydrogens (tertiary/aromatic N) is 4. The highest BCUT2D eigenvalue weighted by molar-refractivity contribution is 5.91. The van der Waals surface area contributed by atoms with E-state index in [1.807, 2.05) is 60.7 Å². The number of carbonyl (C=O) groups excluding carboxylic acids is 3. The van der Waals surface area contributed by atoms with Crippen molar-refractivity contribution in [3.05, 3.63) is 95.1 Å². The number of fused-ring (bicyclic) bond motifs is 1. The lowest BCUT2D eigenvalue weighted by Crippen LogP contribution is -2.53. The number of nitrogens with one attached hydrogen (secondary N) is 1. The summed E-state index contributed by atoms with van der Waals surface area (Å²) in [5.41, 5.74) is 5.13. The van der Waals surface area contributed by atoms with Crippen LogP contribution in [0.3, 0.4) is 0 Å². The summed E-state index contributed by atoms with van der Waals surface area (Å²) in [6.45, 7) is 9.38. The number of hydrogen-bond acceptors (Lipinski definition) is 6. The molecule has 9 nitrogen and oxygen atoms in total. The number of benzene rings is 3. The Morgan fingerprint density at radius 3 is 2.09 bits per heavy atom. The predicted octanol–water partition coefficient (Wildman–Crippen LogP) is 4.70. The van der Waals surface area contributed by atoms with E-state index in [2.05, 4.69) is 28.4 Å². The molecule has 1 atom stereocenters. The maximum Gasteiger partial charge on any atom is 0.408 e. The lowest BCUT2D eigenvalue weighted by Gasteiger charge is -2.35. The summed E-state index contributed by atoms with van der Waals surface area (Å²) >= 11 is 0. The number of amides is 3. The van der Waals surface area contributed by atoms with Crippen molar-refractivity contribution in [2.24, 2.45) is 0 Å². The first-order valence-corrected chi connectivity index (χ1v) is 15.0. The number of rotatable bonds is 7. The monoisotopic (exact) mass is 593 g/mol. The maximum absolute atomic E-state index is 13.6. The highest BCUT2D eigenvalue weighted by atomic mass is 16.6. The number of alkyl carbamates (subject to hydrolysis) is 1. The van der Waals surface area contributed by atoms with Crippen molar-refractivity contribution in [2.45, 2.75) is 58.5 Å². The molecule has 5 rings (SSSR count). The second-order valence-electron chi connectivity index (χ2n) is 12.4. The molecule has 3 aromatic rings. The SMILES string of the molecule is CC(C)(C)OC(=O)N[C@@H](CC(=O)N1CCN(Cc2ccc(-c3ccccc3C#N)cc2)CC1)C(=O)N1Cc2ccccc2C1. The quantitative estimate of drug-likeness (QED) is 0.426. The molecular weight excluding hydrogens is 554 g/mol. The van der Waals surface area contributed by atoms with Crippen LogP contribution in [0.2, 0.25) is 0 Å². The molecule has 1 fully saturated rings. The molecule has 0 unspecified atom stereocenters. The number of nitriles is 1. The Morgan fingerprint density at radius 1 is 0.864 bits per heavy atom. The van der Waals surface area contributed by atoms with E-state index in [0.717, 1.165) is 34.4 Å². The van der Waals surface area contributed by atoms with Gasteiger partial charge < -0.3 is 19.9 Å². The third-order valence-corrected chi connectivity index (χ3v) is 7.96. The smallest absolute Gasteiger partial charge is 0.408 e. The van der Waals surface area contributed by atoms with Crippen LogP contribution in [0.15, 0.2) is 72.8 Å². The molecule has 2 heterocycles. The van der Waals surface area contributed by atoms with Crippen molar-refractivity contribution in [2.75, 3.05) is 26.2 Å². The molecule has 44 heavy (non-hydrogen) atoms. The zero-order chi connectivity index (χ0) is 31.3. The minimum absolute atomic E-state index is 0.128. The van der Waals surface area contributed by atoms with Crippen LogP contribution < -0.4 is 5.32 Å². The van der Waals surface area contributed by atoms with Crippen LogP contribution in [-0.2, 0) is 34.0 Å². The van der Waals surface area contributed by atoms with Crippen LogP contribution in [0.25, 0.3) is 11.1 Å². The zero-order valence-corrected chi connectivity index (χ0v) is 25.6. The average molecular weight is 594 g/mol. The number of hydrogen-bond donors (Lipinski definition) is 1. The van der Waals surface area contributed by atoms with Crippen molar-refractivity contribution in [3.8, 4) is 17.2 Å². The van der Waals surface area contributed by atoms with Gasteiger partial charge in [-0.1, -0.05) is 66.7 Å². The van der Waals surface area contributed by atoms with E-state index in [1.54, 1.807) is 30.6 Å². The summed E-state index contributed by atoms with van der Waals surface area (Å²) < 4.78 is 5.42. The molecule has 0 bridgehead atoms. The first-order chi connectivity index (χ1) is 21.1. The predicted molar refractivity (Wildman–Crippen MR) is 167 cm³/mol. The highest BCUT2D eigenvalue weighted by Crippen LogP contribution is 2.25. The first kappa shape index (κ1) is 30.8. The van der Waals surface area contributed by atoms with Crippen molar-refractivity contribution in [1.29, 1.82) is 5.26 Å². The molecule has 1 saturated heterocycles. The molecule has 2 aliphatic rings. The first-order valence-electron chi connectivity index (χ1n) is 15.0. The second kappa shape index (κ2) is 13.3. The summed E-state index contributed by atoms with van der Waals surface area (Å²) in [4.78, 5) is 45.4. The Hall–Kier alpha value is -4.68. The standard InChI is InChI=1S/C35H39N5O4/c1-35(2,3)44-34(43)37-31(33(42)40-23-28-9-4-5-10-29(28)24-40)20-32(41)39-18-16-38(17-19-39)22-25-12-14-26(15-13-25)30-11-7-6-8-27(30)21-36/h4-15,31H,16-20,22-24H2,1-3H3,(H,37,43)/t31-/m0/s1. The van der Waals surface area contributed by atoms with Gasteiger partial charge in [-0.15, -0.1) is 0 Å². The van der Waals surface area contributed by atoms with E-state index in [1.165, 1.54) is 0 Å². The van der Waals surface area contributed by atoms with Gasteiger partial charge in [-0.3, -0.25) is 14.5 Å². The normalized spacial score (nSPS) is 15.7. The minimum atomic E-state index is -1.02. The van der Waals surface area contributed by atoms with E-state index in [4.69, 9.17) is 4.74 Å². The van der Waals surface area contributed by atoms with Gasteiger partial charge in [0.05, 0.1) is 18.1 Å². The topological polar surface area (TPSA) is 106 Å². The van der Waals surface area contributed by atoms with Gasteiger partial charge >= 0.3 is 6.09 Å². The van der Waals surface area contributed by atoms with Crippen LogP contribution in [0, 0.1) is 11.3 Å². The summed E-state index contributed by atoms with van der Waals surface area (Å²) in [5.74, 6) is -0.462. The molecule has 2 aliphatic heterocycles. The molecular formula is C35H39N5O4. The Kier molecular flexibility index (Phi) is 9.31. The molecule has 0 saturated carbocycles. The van der Waals surface area contributed by atoms with Gasteiger partial charge in [-0.05, 0) is 54.7 Å². The fourth-order valence-electron chi connectivity index (χ4n) is 5.70. The molecule has 1 N–H and O–H groups in total. The van der Waals surface area contributed by atoms with Crippen molar-refractivity contribution >= 4 is 17.9 Å². The van der Waals surface area contributed by atoms with E-state index >= 15 is 0 Å². The molecule has 9 heteroatoms. The summed E-state index contributed by atoms with van der Waals surface area (Å²) in [7, 11) is 0. The summed E-state index contributed by atoms with van der Waals surface area (Å²) in [5, 5.41) is 12.1. The second-order valence-corrected chi connectivity index (χ2v) is 12.4. The largest absolute Gasteiger partial charge is 0.444 e. The number of carbonyl (C=O) groups is 3. The third-order valence-electron chi connectivity index (χ3n) is 7.96. The maximum atomic E-state index is 13.6. The molecule has 0 spiro atoms. The van der Waals surface area contributed by atoms with Gasteiger partial charge in [0.15, 0.2) is 0 Å². The van der Waals surface area contributed by atoms with E-state index in [9.17, 15) is 19.6 Å². The van der Waals surface area contributed by atoms with Crippen LogP contribution in [-0.4, -0.2) is 70.4 Å². The molecule has 0 aliphatic carbocycles. The fraction of sp³-hybridized carbons (Fsp3) is 0.371. The molecule has 3 amide bonds. The summed E-state index contributed by atoms with van der Waals surface area (Å²) in [6.07, 6.45) is -0.844. The van der Waals surface area contributed by atoms with E-state index in [0.29, 0.717) is 44.8 Å².